The molecule has 6 atom stereocenters. The molecule has 9 amide bonds. The maximum Gasteiger partial charge on any atom is 0.324 e. The highest BCUT2D eigenvalue weighted by atomic mass is 35.5. The van der Waals surface area contributed by atoms with Gasteiger partial charge in [-0.25, -0.2) is 28.4 Å². The number of aromatic nitrogens is 2. The monoisotopic (exact) mass is 1430 g/mol. The molecule has 37 heteroatoms. The second-order valence-corrected chi connectivity index (χ2v) is 25.0. The lowest BCUT2D eigenvalue weighted by molar-refractivity contribution is -0.138. The zero-order chi connectivity index (χ0) is 69.8. The van der Waals surface area contributed by atoms with Crippen LogP contribution in [-0.4, -0.2) is 180 Å². The molecule has 2 saturated heterocycles. The molecule has 6 aromatic rings. The van der Waals surface area contributed by atoms with Crippen molar-refractivity contribution in [1.82, 2.24) is 56.7 Å². The van der Waals surface area contributed by atoms with Gasteiger partial charge in [-0.1, -0.05) is 129 Å². The number of amides is 9. The zero-order valence-electron chi connectivity index (χ0n) is 51.5. The Bertz CT molecular complexity index is 4160. The van der Waals surface area contributed by atoms with Crippen LogP contribution in [-0.2, 0) is 41.9 Å². The van der Waals surface area contributed by atoms with E-state index >= 15 is 4.39 Å². The highest BCUT2D eigenvalue weighted by Gasteiger charge is 2.50. The van der Waals surface area contributed by atoms with E-state index in [2.05, 4.69) is 72.2 Å². The van der Waals surface area contributed by atoms with Crippen LogP contribution in [0, 0.1) is 11.6 Å². The van der Waals surface area contributed by atoms with E-state index in [1.165, 1.54) is 39.6 Å². The number of hydrogen-bond acceptors (Lipinski definition) is 22. The minimum absolute atomic E-state index is 0.0430. The zero-order valence-corrected chi connectivity index (χ0v) is 55.4. The number of allylic oxidation sites excluding steroid dienone is 1. The van der Waals surface area contributed by atoms with Crippen molar-refractivity contribution in [1.29, 1.82) is 0 Å². The number of thioether (sulfide) groups is 2. The summed E-state index contributed by atoms with van der Waals surface area (Å²) in [6.45, 7) is 4.31. The SMILES string of the molecule is CC(C)=C(Cl)N(C)C.NC(=O)C1=NN(CC(=O)N2C[C@H]2C(=O)Nc2cccc(-c3ccccc3Cl)c2F)C2SC(NC(=O)NCc3ccon3)=NC12.NC(=O)C1=NN(CC(=O)O)C2SC(NC(=O)NCc3ccon3)=NC12.O=C(Nc1cccc(-c2ccccc2Cl)c1F)[C@@H]1CN1. The van der Waals surface area contributed by atoms with Crippen molar-refractivity contribution >= 4 is 139 Å². The second kappa shape index (κ2) is 32.1. The second-order valence-electron chi connectivity index (χ2n) is 21.6. The molecule has 0 bridgehead atoms. The third kappa shape index (κ3) is 18.5. The van der Waals surface area contributed by atoms with Gasteiger partial charge in [-0.05, 0) is 43.7 Å². The predicted molar refractivity (Wildman–Crippen MR) is 359 cm³/mol. The number of carboxylic acids is 1. The predicted octanol–water partition coefficient (Wildman–Crippen LogP) is 5.34. The van der Waals surface area contributed by atoms with Crippen molar-refractivity contribution in [3.8, 4) is 22.3 Å². The molecule has 0 saturated carbocycles. The molecule has 2 fully saturated rings. The number of carboxylic acid groups (broad SMARTS) is 1. The molecule has 4 aromatic carbocycles. The van der Waals surface area contributed by atoms with Gasteiger partial charge in [0.2, 0.25) is 17.7 Å². The van der Waals surface area contributed by atoms with Gasteiger partial charge in [0, 0.05) is 65.1 Å². The van der Waals surface area contributed by atoms with E-state index in [0.29, 0.717) is 44.7 Å². The van der Waals surface area contributed by atoms with Gasteiger partial charge in [-0.3, -0.25) is 49.4 Å². The smallest absolute Gasteiger partial charge is 0.324 e. The number of anilines is 2. The Balaban J connectivity index is 0.000000175. The van der Waals surface area contributed by atoms with E-state index in [0.717, 1.165) is 34.3 Å². The maximum atomic E-state index is 15.3. The molecule has 6 aliphatic heterocycles. The number of hydrogen-bond donors (Lipinski definition) is 10. The summed E-state index contributed by atoms with van der Waals surface area (Å²) in [5, 5.41) is 46.1. The van der Waals surface area contributed by atoms with Gasteiger partial charge in [0.25, 0.3) is 11.8 Å². The summed E-state index contributed by atoms with van der Waals surface area (Å²) >= 11 is 20.2. The molecule has 4 unspecified atom stereocenters. The molecule has 97 heavy (non-hydrogen) atoms. The highest BCUT2D eigenvalue weighted by molar-refractivity contribution is 8.15. The first-order valence-electron chi connectivity index (χ1n) is 29.0. The first-order chi connectivity index (χ1) is 46.3. The fourth-order valence-electron chi connectivity index (χ4n) is 9.36. The Labute approximate surface area is 574 Å². The number of nitrogens with zero attached hydrogens (tertiary/aromatic N) is 10. The lowest BCUT2D eigenvalue weighted by Gasteiger charge is -2.21. The van der Waals surface area contributed by atoms with Gasteiger partial charge in [-0.2, -0.15) is 10.2 Å². The fraction of sp³-hybridized carbons (Fsp3) is 0.267. The first kappa shape index (κ1) is 71.2. The van der Waals surface area contributed by atoms with Gasteiger partial charge < -0.3 is 62.0 Å². The Kier molecular flexibility index (Phi) is 23.5. The number of amidine groups is 2. The lowest BCUT2D eigenvalue weighted by Crippen LogP contribution is -2.39. The number of aliphatic carboxylic acids is 1. The van der Waals surface area contributed by atoms with Crippen LogP contribution in [0.1, 0.15) is 25.2 Å². The van der Waals surface area contributed by atoms with E-state index in [1.54, 1.807) is 84.9 Å². The Morgan fingerprint density at radius 2 is 1.09 bits per heavy atom. The fourth-order valence-corrected chi connectivity index (χ4v) is 12.1. The topological polar surface area (TPSA) is 417 Å². The normalized spacial score (nSPS) is 18.8. The summed E-state index contributed by atoms with van der Waals surface area (Å²) in [5.41, 5.74) is 14.7. The number of carbonyl (C=O) groups excluding carboxylic acids is 7. The number of aliphatic imine (C=N–C) groups is 2. The van der Waals surface area contributed by atoms with Crippen molar-refractivity contribution in [3.63, 3.8) is 0 Å². The number of hydrazone groups is 2. The van der Waals surface area contributed by atoms with Gasteiger partial charge >= 0.3 is 18.0 Å². The summed E-state index contributed by atoms with van der Waals surface area (Å²) in [5.74, 6) is -5.08. The average molecular weight is 1430 g/mol. The molecule has 12 N–H and O–H groups in total. The van der Waals surface area contributed by atoms with Crippen molar-refractivity contribution in [2.24, 2.45) is 31.7 Å². The molecule has 8 heterocycles. The van der Waals surface area contributed by atoms with Crippen LogP contribution in [0.15, 0.2) is 150 Å². The maximum absolute atomic E-state index is 15.3. The van der Waals surface area contributed by atoms with Gasteiger partial charge in [-0.15, -0.1) is 0 Å². The lowest BCUT2D eigenvalue weighted by atomic mass is 10.0. The molecule has 12 rings (SSSR count). The summed E-state index contributed by atoms with van der Waals surface area (Å²) in [6, 6.07) is 22.8. The van der Waals surface area contributed by atoms with Crippen molar-refractivity contribution in [3.05, 3.63) is 153 Å². The number of fused-ring (bicyclic) bond motifs is 2. The Hall–Kier alpha value is -10.1. The summed E-state index contributed by atoms with van der Waals surface area (Å²) < 4.78 is 39.1. The molecule has 0 spiro atoms. The molecule has 0 aliphatic carbocycles. The van der Waals surface area contributed by atoms with Crippen molar-refractivity contribution < 1.29 is 61.3 Å². The number of halogens is 5. The van der Waals surface area contributed by atoms with Crippen LogP contribution in [0.3, 0.4) is 0 Å². The first-order valence-corrected chi connectivity index (χ1v) is 31.8. The summed E-state index contributed by atoms with van der Waals surface area (Å²) in [7, 11) is 3.85. The number of nitrogens with two attached hydrogens (primary N) is 2. The molecule has 6 aliphatic rings. The molecule has 2 aromatic heterocycles. The minimum Gasteiger partial charge on any atom is -0.480 e. The minimum atomic E-state index is -1.11. The van der Waals surface area contributed by atoms with E-state index < -0.39 is 88.7 Å². The standard InChI is InChI=1S/C27H23ClFN9O5S.C15H12ClFN2O.C12H13N7O5S.C6H12ClN/c28-16-6-2-1-4-14(16)15-5-3-7-17(20(15)29)32-24(41)18-11-37(18)19(39)12-38-25-22(21(35-38)23(30)40)33-27(44-25)34-26(42)31-10-13-8-9-43-36-13;16-11-6-2-1-4-9(11)10-5-3-7-12(14(10)17)19-15(20)13-8-18-13;13-9(22)7-8-10(19(17-7)4-6(20)21)25-12(15-8)16-11(23)14-3-5-1-2-24-18-5;1-5(2)6(7)8(3)4/h1-9,18,22,25H,10-12H2,(H2,30,40)(H,32,41)(H2,31,33,34,42);1-7,13,18H,8H2,(H,19,20);1-2,8,10H,3-4H2,(H2,13,22)(H,20,21)(H2,14,15,16,23);1-4H3/t18-,22?,25?,37?;13-;;/m00../s1. The van der Waals surface area contributed by atoms with Crippen LogP contribution < -0.4 is 48.7 Å². The van der Waals surface area contributed by atoms with Gasteiger partial charge in [0.15, 0.2) is 33.4 Å². The van der Waals surface area contributed by atoms with Crippen LogP contribution in [0.5, 0.6) is 0 Å². The summed E-state index contributed by atoms with van der Waals surface area (Å²) in [4.78, 5) is 108. The molecule has 0 radical (unpaired) electrons. The Morgan fingerprint density at radius 3 is 1.48 bits per heavy atom. The average Bonchev–Trinajstić information content (AvgIpc) is 1.65. The number of nitrogens with one attached hydrogen (secondary N) is 7. The van der Waals surface area contributed by atoms with Crippen molar-refractivity contribution in [2.75, 3.05) is 50.9 Å². The van der Waals surface area contributed by atoms with Crippen LogP contribution in [0.25, 0.3) is 22.3 Å². The van der Waals surface area contributed by atoms with E-state index in [4.69, 9.17) is 55.9 Å². The van der Waals surface area contributed by atoms with Crippen LogP contribution in [0.2, 0.25) is 10.0 Å². The number of urea groups is 2. The highest BCUT2D eigenvalue weighted by Crippen LogP contribution is 2.38. The van der Waals surface area contributed by atoms with Crippen molar-refractivity contribution in [2.45, 2.75) is 61.9 Å². The van der Waals surface area contributed by atoms with Gasteiger partial charge in [0.05, 0.1) is 37.1 Å². The Morgan fingerprint density at radius 1 is 0.649 bits per heavy atom. The molecular formula is C60H60Cl3F2N19O11S2. The van der Waals surface area contributed by atoms with Crippen LogP contribution >= 0.6 is 58.3 Å². The van der Waals surface area contributed by atoms with E-state index in [1.807, 2.05) is 32.8 Å². The largest absolute Gasteiger partial charge is 0.480 e. The molecule has 508 valence electrons. The number of carbonyl (C=O) groups is 8. The van der Waals surface area contributed by atoms with Crippen LogP contribution in [0.4, 0.5) is 29.7 Å². The summed E-state index contributed by atoms with van der Waals surface area (Å²) in [6.07, 6.45) is 2.76. The van der Waals surface area contributed by atoms with Gasteiger partial charge in [0.1, 0.15) is 71.0 Å². The molecular weight excluding hydrogens is 1370 g/mol. The third-order valence-electron chi connectivity index (χ3n) is 14.1. The van der Waals surface area contributed by atoms with E-state index in [-0.39, 0.29) is 76.8 Å². The number of primary amides is 2. The van der Waals surface area contributed by atoms with E-state index in [9.17, 15) is 42.7 Å². The number of benzene rings is 4. The third-order valence-corrected chi connectivity index (χ3v) is 17.8. The number of rotatable bonds is 17. The quantitative estimate of drug-likeness (QED) is 0.0406. The molecule has 30 nitrogen and oxygen atoms in total.